The van der Waals surface area contributed by atoms with Crippen LogP contribution >= 0.6 is 0 Å². The van der Waals surface area contributed by atoms with Gasteiger partial charge < -0.3 is 20.5 Å². The summed E-state index contributed by atoms with van der Waals surface area (Å²) in [5.74, 6) is 0.771. The minimum Gasteiger partial charge on any atom is -0.491 e. The van der Waals surface area contributed by atoms with Gasteiger partial charge in [-0.1, -0.05) is 13.8 Å². The SMILES string of the molecule is CCC(CC)(CN)C(=O)Nc1ccc(OCC2CCCO2)cc1. The number of amides is 1. The van der Waals surface area contributed by atoms with E-state index in [1.54, 1.807) is 0 Å². The molecular weight excluding hydrogens is 292 g/mol. The first-order chi connectivity index (χ1) is 11.1. The number of nitrogens with one attached hydrogen (secondary N) is 1. The lowest BCUT2D eigenvalue weighted by Crippen LogP contribution is -2.41. The van der Waals surface area contributed by atoms with E-state index < -0.39 is 5.41 Å². The monoisotopic (exact) mass is 320 g/mol. The molecule has 0 aliphatic carbocycles. The van der Waals surface area contributed by atoms with E-state index in [1.165, 1.54) is 0 Å². The summed E-state index contributed by atoms with van der Waals surface area (Å²) < 4.78 is 11.3. The summed E-state index contributed by atoms with van der Waals surface area (Å²) >= 11 is 0. The van der Waals surface area contributed by atoms with E-state index in [1.807, 2.05) is 38.1 Å². The van der Waals surface area contributed by atoms with Crippen LogP contribution in [-0.2, 0) is 9.53 Å². The number of carbonyl (C=O) groups is 1. The Hall–Kier alpha value is -1.59. The van der Waals surface area contributed by atoms with Crippen molar-refractivity contribution in [1.29, 1.82) is 0 Å². The highest BCUT2D eigenvalue weighted by molar-refractivity contribution is 5.95. The number of hydrogen-bond acceptors (Lipinski definition) is 4. The van der Waals surface area contributed by atoms with Gasteiger partial charge in [0.25, 0.3) is 0 Å². The molecule has 1 fully saturated rings. The summed E-state index contributed by atoms with van der Waals surface area (Å²) in [4.78, 5) is 12.5. The second-order valence-corrected chi connectivity index (χ2v) is 6.12. The van der Waals surface area contributed by atoms with Crippen molar-refractivity contribution in [3.8, 4) is 5.75 Å². The van der Waals surface area contributed by atoms with Crippen molar-refractivity contribution in [1.82, 2.24) is 0 Å². The molecule has 1 aliphatic rings. The highest BCUT2D eigenvalue weighted by Gasteiger charge is 2.33. The predicted octanol–water partition coefficient (Wildman–Crippen LogP) is 2.95. The topological polar surface area (TPSA) is 73.6 Å². The van der Waals surface area contributed by atoms with Crippen molar-refractivity contribution in [3.63, 3.8) is 0 Å². The van der Waals surface area contributed by atoms with Gasteiger partial charge in [0.15, 0.2) is 0 Å². The summed E-state index contributed by atoms with van der Waals surface area (Å²) in [5.41, 5.74) is 6.09. The van der Waals surface area contributed by atoms with Crippen LogP contribution in [0.4, 0.5) is 5.69 Å². The van der Waals surface area contributed by atoms with Gasteiger partial charge in [-0.3, -0.25) is 4.79 Å². The molecule has 128 valence electrons. The molecule has 1 unspecified atom stereocenters. The number of hydrogen-bond donors (Lipinski definition) is 2. The number of benzene rings is 1. The van der Waals surface area contributed by atoms with Gasteiger partial charge in [0.1, 0.15) is 12.4 Å². The first-order valence-electron chi connectivity index (χ1n) is 8.49. The number of nitrogens with two attached hydrogens (primary N) is 1. The third-order valence-electron chi connectivity index (χ3n) is 4.80. The lowest BCUT2D eigenvalue weighted by atomic mass is 9.81. The lowest BCUT2D eigenvalue weighted by Gasteiger charge is -2.28. The van der Waals surface area contributed by atoms with E-state index in [-0.39, 0.29) is 12.0 Å². The average Bonchev–Trinajstić information content (AvgIpc) is 3.10. The minimum absolute atomic E-state index is 0.0157. The number of ether oxygens (including phenoxy) is 2. The summed E-state index contributed by atoms with van der Waals surface area (Å²) in [5, 5.41) is 2.96. The first kappa shape index (κ1) is 17.8. The lowest BCUT2D eigenvalue weighted by molar-refractivity contribution is -0.125. The zero-order chi connectivity index (χ0) is 16.7. The fourth-order valence-electron chi connectivity index (χ4n) is 2.82. The van der Waals surface area contributed by atoms with E-state index in [2.05, 4.69) is 5.32 Å². The van der Waals surface area contributed by atoms with Crippen LogP contribution in [0, 0.1) is 5.41 Å². The molecule has 1 aromatic carbocycles. The molecule has 1 amide bonds. The van der Waals surface area contributed by atoms with Gasteiger partial charge >= 0.3 is 0 Å². The van der Waals surface area contributed by atoms with Gasteiger partial charge in [0.2, 0.25) is 5.91 Å². The third-order valence-corrected chi connectivity index (χ3v) is 4.80. The van der Waals surface area contributed by atoms with Crippen molar-refractivity contribution in [2.75, 3.05) is 25.1 Å². The zero-order valence-electron chi connectivity index (χ0n) is 14.1. The highest BCUT2D eigenvalue weighted by Crippen LogP contribution is 2.27. The fourth-order valence-corrected chi connectivity index (χ4v) is 2.82. The van der Waals surface area contributed by atoms with Crippen LogP contribution in [0.1, 0.15) is 39.5 Å². The quantitative estimate of drug-likeness (QED) is 0.772. The Balaban J connectivity index is 1.90. The second-order valence-electron chi connectivity index (χ2n) is 6.12. The van der Waals surface area contributed by atoms with Crippen molar-refractivity contribution in [3.05, 3.63) is 24.3 Å². The molecule has 0 bridgehead atoms. The van der Waals surface area contributed by atoms with Gasteiger partial charge in [0, 0.05) is 18.8 Å². The molecular formula is C18H28N2O3. The molecule has 1 aromatic rings. The van der Waals surface area contributed by atoms with Crippen LogP contribution in [0.2, 0.25) is 0 Å². The Kier molecular flexibility index (Phi) is 6.42. The van der Waals surface area contributed by atoms with E-state index in [4.69, 9.17) is 15.2 Å². The molecule has 5 heteroatoms. The Labute approximate surface area is 138 Å². The van der Waals surface area contributed by atoms with E-state index in [0.29, 0.717) is 13.2 Å². The van der Waals surface area contributed by atoms with Crippen molar-refractivity contribution in [2.45, 2.75) is 45.6 Å². The average molecular weight is 320 g/mol. The van der Waals surface area contributed by atoms with Crippen LogP contribution in [0.3, 0.4) is 0 Å². The Morgan fingerprint density at radius 2 is 2.04 bits per heavy atom. The van der Waals surface area contributed by atoms with E-state index in [0.717, 1.165) is 43.7 Å². The third kappa shape index (κ3) is 4.45. The molecule has 2 rings (SSSR count). The Morgan fingerprint density at radius 3 is 2.57 bits per heavy atom. The predicted molar refractivity (Wildman–Crippen MR) is 91.6 cm³/mol. The van der Waals surface area contributed by atoms with Crippen LogP contribution in [0.25, 0.3) is 0 Å². The molecule has 0 aromatic heterocycles. The molecule has 0 radical (unpaired) electrons. The first-order valence-corrected chi connectivity index (χ1v) is 8.49. The highest BCUT2D eigenvalue weighted by atomic mass is 16.5. The van der Waals surface area contributed by atoms with Gasteiger partial charge in [-0.2, -0.15) is 0 Å². The maximum Gasteiger partial charge on any atom is 0.231 e. The molecule has 3 N–H and O–H groups in total. The van der Waals surface area contributed by atoms with E-state index in [9.17, 15) is 4.79 Å². The van der Waals surface area contributed by atoms with Crippen LogP contribution < -0.4 is 15.8 Å². The molecule has 1 saturated heterocycles. The smallest absolute Gasteiger partial charge is 0.231 e. The molecule has 1 atom stereocenters. The molecule has 1 aliphatic heterocycles. The maximum absolute atomic E-state index is 12.5. The molecule has 5 nitrogen and oxygen atoms in total. The summed E-state index contributed by atoms with van der Waals surface area (Å²) in [7, 11) is 0. The van der Waals surface area contributed by atoms with Crippen LogP contribution in [0.15, 0.2) is 24.3 Å². The molecule has 0 saturated carbocycles. The van der Waals surface area contributed by atoms with Gasteiger partial charge in [-0.15, -0.1) is 0 Å². The molecule has 0 spiro atoms. The van der Waals surface area contributed by atoms with E-state index >= 15 is 0 Å². The van der Waals surface area contributed by atoms with Gasteiger partial charge in [-0.05, 0) is 49.9 Å². The minimum atomic E-state index is -0.491. The maximum atomic E-state index is 12.5. The molecule has 23 heavy (non-hydrogen) atoms. The Bertz CT molecular complexity index is 483. The molecule has 1 heterocycles. The van der Waals surface area contributed by atoms with Gasteiger partial charge in [-0.25, -0.2) is 0 Å². The number of anilines is 1. The summed E-state index contributed by atoms with van der Waals surface area (Å²) in [6, 6.07) is 7.45. The van der Waals surface area contributed by atoms with Crippen molar-refractivity contribution >= 4 is 11.6 Å². The van der Waals surface area contributed by atoms with Crippen molar-refractivity contribution in [2.24, 2.45) is 11.1 Å². The number of rotatable bonds is 8. The summed E-state index contributed by atoms with van der Waals surface area (Å²) in [6.07, 6.45) is 3.83. The zero-order valence-corrected chi connectivity index (χ0v) is 14.1. The Morgan fingerprint density at radius 1 is 1.35 bits per heavy atom. The normalized spacial score (nSPS) is 18.0. The standard InChI is InChI=1S/C18H28N2O3/c1-3-18(4-2,13-19)17(21)20-14-7-9-15(10-8-14)23-12-16-6-5-11-22-16/h7-10,16H,3-6,11-13,19H2,1-2H3,(H,20,21). The van der Waals surface area contributed by atoms with Crippen LogP contribution in [0.5, 0.6) is 5.75 Å². The van der Waals surface area contributed by atoms with Crippen LogP contribution in [-0.4, -0.2) is 31.8 Å². The largest absolute Gasteiger partial charge is 0.491 e. The second kappa shape index (κ2) is 8.31. The van der Waals surface area contributed by atoms with Crippen molar-refractivity contribution < 1.29 is 14.3 Å². The van der Waals surface area contributed by atoms with Gasteiger partial charge in [0.05, 0.1) is 11.5 Å². The fraction of sp³-hybridized carbons (Fsp3) is 0.611. The number of carbonyl (C=O) groups excluding carboxylic acids is 1. The summed E-state index contributed by atoms with van der Waals surface area (Å²) in [6.45, 7) is 5.76.